The summed E-state index contributed by atoms with van der Waals surface area (Å²) in [4.78, 5) is 19.4. The quantitative estimate of drug-likeness (QED) is 0.788. The third-order valence-electron chi connectivity index (χ3n) is 3.03. The van der Waals surface area contributed by atoms with E-state index < -0.39 is 0 Å². The van der Waals surface area contributed by atoms with Gasteiger partial charge in [0.2, 0.25) is 0 Å². The molecule has 17 heavy (non-hydrogen) atoms. The van der Waals surface area contributed by atoms with E-state index in [1.807, 2.05) is 12.3 Å². The number of pyridine rings is 1. The molecule has 1 aromatic heterocycles. The molecule has 92 valence electrons. The number of rotatable bonds is 1. The van der Waals surface area contributed by atoms with Crippen LogP contribution in [0.1, 0.15) is 12.0 Å². The zero-order valence-electron chi connectivity index (χ0n) is 10.1. The Morgan fingerprint density at radius 1 is 1.35 bits per heavy atom. The molecule has 2 heterocycles. The van der Waals surface area contributed by atoms with Gasteiger partial charge >= 0.3 is 6.03 Å². The van der Waals surface area contributed by atoms with Crippen LogP contribution in [0.2, 0.25) is 0 Å². The fraction of sp³-hybridized carbons (Fsp3) is 0.500. The molecule has 2 rings (SSSR count). The monoisotopic (exact) mass is 234 g/mol. The van der Waals surface area contributed by atoms with E-state index in [0.29, 0.717) is 6.54 Å². The van der Waals surface area contributed by atoms with Gasteiger partial charge < -0.3 is 15.5 Å². The van der Waals surface area contributed by atoms with E-state index in [0.717, 1.165) is 31.9 Å². The summed E-state index contributed by atoms with van der Waals surface area (Å²) in [5.74, 6) is 0.983. The Bertz CT molecular complexity index is 407. The van der Waals surface area contributed by atoms with Crippen LogP contribution in [0.5, 0.6) is 0 Å². The van der Waals surface area contributed by atoms with Crippen LogP contribution in [0.15, 0.2) is 18.3 Å². The summed E-state index contributed by atoms with van der Waals surface area (Å²) < 4.78 is 0. The Kier molecular flexibility index (Phi) is 3.46. The lowest BCUT2D eigenvalue weighted by atomic mass is 10.3. The van der Waals surface area contributed by atoms with Crippen LogP contribution in [0.3, 0.4) is 0 Å². The summed E-state index contributed by atoms with van der Waals surface area (Å²) in [6, 6.07) is 3.72. The van der Waals surface area contributed by atoms with Crippen molar-refractivity contribution in [3.8, 4) is 0 Å². The molecule has 2 N–H and O–H groups in total. The summed E-state index contributed by atoms with van der Waals surface area (Å²) in [7, 11) is 0. The second kappa shape index (κ2) is 5.03. The Morgan fingerprint density at radius 3 is 2.88 bits per heavy atom. The topological polar surface area (TPSA) is 62.5 Å². The molecule has 0 bridgehead atoms. The first-order valence-electron chi connectivity index (χ1n) is 5.89. The maximum absolute atomic E-state index is 11.1. The summed E-state index contributed by atoms with van der Waals surface area (Å²) >= 11 is 0. The van der Waals surface area contributed by atoms with Crippen LogP contribution in [0.4, 0.5) is 10.6 Å². The molecule has 0 aromatic carbocycles. The molecule has 1 fully saturated rings. The minimum atomic E-state index is -0.330. The molecule has 0 radical (unpaired) electrons. The highest BCUT2D eigenvalue weighted by atomic mass is 16.2. The highest BCUT2D eigenvalue weighted by Crippen LogP contribution is 2.14. The number of aromatic nitrogens is 1. The maximum atomic E-state index is 11.1. The van der Waals surface area contributed by atoms with Crippen molar-refractivity contribution in [3.63, 3.8) is 0 Å². The summed E-state index contributed by atoms with van der Waals surface area (Å²) in [6.07, 6.45) is 2.75. The van der Waals surface area contributed by atoms with Gasteiger partial charge in [-0.25, -0.2) is 9.78 Å². The molecule has 0 spiro atoms. The molecule has 5 heteroatoms. The Hall–Kier alpha value is -1.78. The SMILES string of the molecule is Cc1ccnc(N2CCCN(C(N)=O)CC2)c1. The van der Waals surface area contributed by atoms with E-state index in [1.165, 1.54) is 5.56 Å². The van der Waals surface area contributed by atoms with Gasteiger partial charge in [-0.05, 0) is 31.0 Å². The molecule has 1 aliphatic rings. The van der Waals surface area contributed by atoms with Gasteiger partial charge in [-0.1, -0.05) is 0 Å². The number of hydrogen-bond acceptors (Lipinski definition) is 3. The highest BCUT2D eigenvalue weighted by molar-refractivity contribution is 5.72. The van der Waals surface area contributed by atoms with Gasteiger partial charge in [0.25, 0.3) is 0 Å². The molecule has 1 aliphatic heterocycles. The van der Waals surface area contributed by atoms with Crippen molar-refractivity contribution in [2.24, 2.45) is 5.73 Å². The van der Waals surface area contributed by atoms with E-state index >= 15 is 0 Å². The molecule has 5 nitrogen and oxygen atoms in total. The van der Waals surface area contributed by atoms with Crippen LogP contribution in [-0.2, 0) is 0 Å². The number of amides is 2. The Balaban J connectivity index is 2.06. The summed E-state index contributed by atoms with van der Waals surface area (Å²) in [5, 5.41) is 0. The first kappa shape index (κ1) is 11.7. The van der Waals surface area contributed by atoms with Crippen molar-refractivity contribution in [2.75, 3.05) is 31.1 Å². The molecule has 0 aliphatic carbocycles. The Morgan fingerprint density at radius 2 is 2.18 bits per heavy atom. The number of hydrogen-bond donors (Lipinski definition) is 1. The van der Waals surface area contributed by atoms with E-state index in [9.17, 15) is 4.79 Å². The molecular formula is C12H18N4O. The van der Waals surface area contributed by atoms with Crippen LogP contribution in [0, 0.1) is 6.92 Å². The van der Waals surface area contributed by atoms with Gasteiger partial charge in [-0.3, -0.25) is 0 Å². The number of carbonyl (C=O) groups is 1. The van der Waals surface area contributed by atoms with E-state index in [4.69, 9.17) is 5.73 Å². The maximum Gasteiger partial charge on any atom is 0.314 e. The van der Waals surface area contributed by atoms with Gasteiger partial charge in [-0.15, -0.1) is 0 Å². The van der Waals surface area contributed by atoms with Crippen molar-refractivity contribution in [2.45, 2.75) is 13.3 Å². The van der Waals surface area contributed by atoms with Crippen LogP contribution < -0.4 is 10.6 Å². The normalized spacial score (nSPS) is 16.8. The van der Waals surface area contributed by atoms with Gasteiger partial charge in [0, 0.05) is 32.4 Å². The lowest BCUT2D eigenvalue weighted by Gasteiger charge is -2.22. The van der Waals surface area contributed by atoms with Crippen LogP contribution >= 0.6 is 0 Å². The van der Waals surface area contributed by atoms with Crippen molar-refractivity contribution >= 4 is 11.8 Å². The molecule has 0 saturated carbocycles. The van der Waals surface area contributed by atoms with Gasteiger partial charge in [0.05, 0.1) is 0 Å². The minimum Gasteiger partial charge on any atom is -0.355 e. The molecule has 1 saturated heterocycles. The fourth-order valence-corrected chi connectivity index (χ4v) is 2.06. The highest BCUT2D eigenvalue weighted by Gasteiger charge is 2.17. The first-order valence-corrected chi connectivity index (χ1v) is 5.89. The number of nitrogens with zero attached hydrogens (tertiary/aromatic N) is 3. The van der Waals surface area contributed by atoms with Gasteiger partial charge in [0.15, 0.2) is 0 Å². The number of carbonyl (C=O) groups excluding carboxylic acids is 1. The number of nitrogens with two attached hydrogens (primary N) is 1. The summed E-state index contributed by atoms with van der Waals surface area (Å²) in [5.41, 5.74) is 6.50. The third kappa shape index (κ3) is 2.87. The second-order valence-electron chi connectivity index (χ2n) is 4.36. The summed E-state index contributed by atoms with van der Waals surface area (Å²) in [6.45, 7) is 5.17. The number of anilines is 1. The van der Waals surface area contributed by atoms with E-state index in [1.54, 1.807) is 4.90 Å². The molecule has 2 amide bonds. The molecule has 0 unspecified atom stereocenters. The van der Waals surface area contributed by atoms with Gasteiger partial charge in [0.1, 0.15) is 5.82 Å². The predicted molar refractivity (Wildman–Crippen MR) is 67.0 cm³/mol. The average molecular weight is 234 g/mol. The van der Waals surface area contributed by atoms with E-state index in [-0.39, 0.29) is 6.03 Å². The van der Waals surface area contributed by atoms with Crippen molar-refractivity contribution in [1.29, 1.82) is 0 Å². The van der Waals surface area contributed by atoms with E-state index in [2.05, 4.69) is 22.9 Å². The average Bonchev–Trinajstić information content (AvgIpc) is 2.54. The minimum absolute atomic E-state index is 0.330. The molecular weight excluding hydrogens is 216 g/mol. The number of urea groups is 1. The lowest BCUT2D eigenvalue weighted by Crippen LogP contribution is -2.38. The predicted octanol–water partition coefficient (Wildman–Crippen LogP) is 0.981. The Labute approximate surface area is 101 Å². The second-order valence-corrected chi connectivity index (χ2v) is 4.36. The standard InChI is InChI=1S/C12H18N4O/c1-10-3-4-14-11(9-10)15-5-2-6-16(8-7-15)12(13)17/h3-4,9H,2,5-8H2,1H3,(H2,13,17). The number of aryl methyl sites for hydroxylation is 1. The number of primary amides is 1. The van der Waals surface area contributed by atoms with Gasteiger partial charge in [-0.2, -0.15) is 0 Å². The lowest BCUT2D eigenvalue weighted by molar-refractivity contribution is 0.211. The third-order valence-corrected chi connectivity index (χ3v) is 3.03. The van der Waals surface area contributed by atoms with Crippen molar-refractivity contribution < 1.29 is 4.79 Å². The molecule has 0 atom stereocenters. The van der Waals surface area contributed by atoms with Crippen molar-refractivity contribution in [3.05, 3.63) is 23.9 Å². The van der Waals surface area contributed by atoms with Crippen molar-refractivity contribution in [1.82, 2.24) is 9.88 Å². The fourth-order valence-electron chi connectivity index (χ4n) is 2.06. The largest absolute Gasteiger partial charge is 0.355 e. The molecule has 1 aromatic rings. The zero-order chi connectivity index (χ0) is 12.3. The zero-order valence-corrected chi connectivity index (χ0v) is 10.1. The van der Waals surface area contributed by atoms with Crippen LogP contribution in [-0.4, -0.2) is 42.1 Å². The van der Waals surface area contributed by atoms with Crippen LogP contribution in [0.25, 0.3) is 0 Å². The smallest absolute Gasteiger partial charge is 0.314 e. The first-order chi connectivity index (χ1) is 8.16.